The molecule has 0 aliphatic carbocycles. The second-order valence-corrected chi connectivity index (χ2v) is 1.54. The Hall–Kier alpha value is 1.40. The van der Waals surface area contributed by atoms with E-state index in [9.17, 15) is 0 Å². The van der Waals surface area contributed by atoms with Crippen LogP contribution in [0.4, 0.5) is 0 Å². The van der Waals surface area contributed by atoms with Gasteiger partial charge in [0, 0.05) is 21.1 Å². The number of hydrogen-bond acceptors (Lipinski definition) is 1. The molecule has 0 aromatic carbocycles. The van der Waals surface area contributed by atoms with E-state index in [0.29, 0.717) is 0 Å². The largest absolute Gasteiger partial charge is 1.00 e. The van der Waals surface area contributed by atoms with Crippen molar-refractivity contribution in [2.45, 2.75) is 0 Å². The molecule has 3 N–H and O–H groups in total. The Morgan fingerprint density at radius 1 is 1.29 bits per heavy atom. The molecule has 0 spiro atoms. The normalized spacial score (nSPS) is 8.43. The van der Waals surface area contributed by atoms with Crippen molar-refractivity contribution < 1.29 is 60.6 Å². The van der Waals surface area contributed by atoms with Crippen molar-refractivity contribution in [1.29, 1.82) is 0 Å². The van der Waals surface area contributed by atoms with Crippen LogP contribution in [0.2, 0.25) is 0 Å². The summed E-state index contributed by atoms with van der Waals surface area (Å²) in [6.45, 7) is 0. The summed E-state index contributed by atoms with van der Waals surface area (Å²) in [5.41, 5.74) is 0. The Morgan fingerprint density at radius 2 is 1.29 bits per heavy atom. The molecule has 0 aromatic heterocycles. The van der Waals surface area contributed by atoms with Gasteiger partial charge in [-0.2, -0.15) is 0 Å². The summed E-state index contributed by atoms with van der Waals surface area (Å²) < 4.78 is 8.88. The van der Waals surface area contributed by atoms with Gasteiger partial charge >= 0.3 is 26.7 Å². The molecule has 0 unspecified atom stereocenters. The molecule has 44 valence electrons. The smallest absolute Gasteiger partial charge is 1.00 e. The van der Waals surface area contributed by atoms with Crippen LogP contribution < -0.4 is 18.9 Å². The van der Waals surface area contributed by atoms with Crippen LogP contribution >= 0.6 is 7.82 Å². The average molecular weight is 301 g/mol. The van der Waals surface area contributed by atoms with Crippen LogP contribution in [0.15, 0.2) is 0 Å². The summed E-state index contributed by atoms with van der Waals surface area (Å²) in [7, 11) is -4.64. The molecule has 0 aromatic rings. The van der Waals surface area contributed by atoms with Gasteiger partial charge in [0.1, 0.15) is 0 Å². The summed E-state index contributed by atoms with van der Waals surface area (Å²) in [5, 5.41) is 0. The second-order valence-electron chi connectivity index (χ2n) is 0.513. The van der Waals surface area contributed by atoms with E-state index in [4.69, 9.17) is 19.2 Å². The molecule has 0 atom stereocenters. The van der Waals surface area contributed by atoms with Gasteiger partial charge in [0.2, 0.25) is 0 Å². The minimum Gasteiger partial charge on any atom is -1.00 e. The number of phosphoric acid groups is 1. The van der Waals surface area contributed by atoms with Crippen molar-refractivity contribution in [3.8, 4) is 0 Å². The van der Waals surface area contributed by atoms with Gasteiger partial charge in [0.05, 0.1) is 0 Å². The minimum absolute atomic E-state index is 0. The maximum Gasteiger partial charge on any atom is 1.00 e. The van der Waals surface area contributed by atoms with Gasteiger partial charge in [-0.15, -0.1) is 0 Å². The zero-order valence-corrected chi connectivity index (χ0v) is 6.68. The number of hydrogen-bond donors (Lipinski definition) is 3. The van der Waals surface area contributed by atoms with Crippen molar-refractivity contribution >= 4 is 7.82 Å². The van der Waals surface area contributed by atoms with Crippen molar-refractivity contribution in [3.05, 3.63) is 0 Å². The molecule has 4 nitrogen and oxygen atoms in total. The Labute approximate surface area is 68.5 Å². The zero-order valence-electron chi connectivity index (χ0n) is 4.51. The van der Waals surface area contributed by atoms with Crippen molar-refractivity contribution in [2.24, 2.45) is 0 Å². The van der Waals surface area contributed by atoms with E-state index < -0.39 is 7.82 Å². The molecule has 0 aliphatic rings. The fourth-order valence-electron chi connectivity index (χ4n) is 0. The molecule has 0 fully saturated rings. The van der Waals surface area contributed by atoms with Gasteiger partial charge < -0.3 is 16.1 Å². The Kier molecular flexibility index (Phi) is 12.5. The molecule has 0 bridgehead atoms. The summed E-state index contributed by atoms with van der Waals surface area (Å²) in [4.78, 5) is 21.6. The predicted octanol–water partition coefficient (Wildman–Crippen LogP) is -3.81. The molecule has 0 aliphatic heterocycles. The van der Waals surface area contributed by atoms with Gasteiger partial charge in [-0.1, -0.05) is 0 Å². The van der Waals surface area contributed by atoms with Gasteiger partial charge in [-0.25, -0.2) is 4.57 Å². The van der Waals surface area contributed by atoms with E-state index in [1.165, 1.54) is 0 Å². The maximum absolute atomic E-state index is 8.88. The molecule has 7 heavy (non-hydrogen) atoms. The van der Waals surface area contributed by atoms with Crippen molar-refractivity contribution in [2.75, 3.05) is 0 Å². The zero-order chi connectivity index (χ0) is 4.50. The summed E-state index contributed by atoms with van der Waals surface area (Å²) >= 11 is 0. The molecule has 0 saturated carbocycles. The molecule has 0 saturated heterocycles. The molecule has 7 heteroatoms. The number of rotatable bonds is 0. The topological polar surface area (TPSA) is 77.8 Å². The molecular formula is H4LiO4PPt. The van der Waals surface area contributed by atoms with Crippen LogP contribution in [0.5, 0.6) is 0 Å². The van der Waals surface area contributed by atoms with E-state index in [0.717, 1.165) is 0 Å². The first-order chi connectivity index (χ1) is 2.00. The summed E-state index contributed by atoms with van der Waals surface area (Å²) in [5.74, 6) is 0. The first-order valence-corrected chi connectivity index (χ1v) is 2.35. The molecular weight excluding hydrogens is 297 g/mol. The van der Waals surface area contributed by atoms with E-state index in [1.54, 1.807) is 0 Å². The SMILES string of the molecule is O=P(O)(O)O.[H-].[Li+].[Pt]. The standard InChI is InChI=1S/Li.H3O4P.Pt.H/c;1-5(2,3)4;;/h;(H3,1,2,3,4);;/q+1;;;-1. The van der Waals surface area contributed by atoms with Gasteiger partial charge in [0.25, 0.3) is 0 Å². The summed E-state index contributed by atoms with van der Waals surface area (Å²) in [6, 6.07) is 0. The van der Waals surface area contributed by atoms with E-state index >= 15 is 0 Å². The minimum atomic E-state index is -4.64. The Bertz CT molecular complexity index is 62.2. The van der Waals surface area contributed by atoms with Crippen LogP contribution in [0.3, 0.4) is 0 Å². The molecule has 0 radical (unpaired) electrons. The first kappa shape index (κ1) is 15.8. The first-order valence-electron chi connectivity index (χ1n) is 0.783. The van der Waals surface area contributed by atoms with Gasteiger partial charge in [-0.05, 0) is 0 Å². The van der Waals surface area contributed by atoms with Crippen LogP contribution in [0.1, 0.15) is 1.43 Å². The fraction of sp³-hybridized carbons (Fsp3) is 0. The summed E-state index contributed by atoms with van der Waals surface area (Å²) in [6.07, 6.45) is 0. The van der Waals surface area contributed by atoms with Crippen LogP contribution in [0.25, 0.3) is 0 Å². The third-order valence-corrected chi connectivity index (χ3v) is 0. The van der Waals surface area contributed by atoms with E-state index in [2.05, 4.69) is 0 Å². The average Bonchev–Trinajstić information content (AvgIpc) is 0.722. The maximum atomic E-state index is 8.88. The van der Waals surface area contributed by atoms with E-state index in [1.807, 2.05) is 0 Å². The van der Waals surface area contributed by atoms with E-state index in [-0.39, 0.29) is 41.4 Å². The fourth-order valence-corrected chi connectivity index (χ4v) is 0. The van der Waals surface area contributed by atoms with Crippen molar-refractivity contribution in [3.63, 3.8) is 0 Å². The van der Waals surface area contributed by atoms with Crippen LogP contribution in [0, 0.1) is 0 Å². The van der Waals surface area contributed by atoms with Crippen LogP contribution in [-0.2, 0) is 25.6 Å². The molecule has 0 rings (SSSR count). The molecule has 0 amide bonds. The third-order valence-electron chi connectivity index (χ3n) is 0. The van der Waals surface area contributed by atoms with Crippen molar-refractivity contribution in [1.82, 2.24) is 0 Å². The predicted molar refractivity (Wildman–Crippen MR) is 15.4 cm³/mol. The Balaban J connectivity index is -0.0000000267. The molecule has 0 heterocycles. The second kappa shape index (κ2) is 5.53. The van der Waals surface area contributed by atoms with Gasteiger partial charge in [0.15, 0.2) is 0 Å². The monoisotopic (exact) mass is 301 g/mol. The van der Waals surface area contributed by atoms with Gasteiger partial charge in [-0.3, -0.25) is 0 Å². The quantitative estimate of drug-likeness (QED) is 0.317. The third kappa shape index (κ3) is 111. The van der Waals surface area contributed by atoms with Crippen LogP contribution in [-0.4, -0.2) is 14.7 Å². The Morgan fingerprint density at radius 3 is 1.29 bits per heavy atom.